The van der Waals surface area contributed by atoms with Crippen molar-refractivity contribution in [1.82, 2.24) is 10.2 Å². The normalized spacial score (nSPS) is 15.3. The average Bonchev–Trinajstić information content (AvgIpc) is 3.24. The number of fused-ring (bicyclic) bond motifs is 2. The third-order valence-corrected chi connectivity index (χ3v) is 11.2. The lowest BCUT2D eigenvalue weighted by Gasteiger charge is -2.34. The fraction of sp³-hybridized carbons (Fsp3) is 0.219. The summed E-state index contributed by atoms with van der Waals surface area (Å²) in [6.07, 6.45) is 3.04. The number of rotatable bonds is 7. The molecule has 1 N–H and O–H groups in total. The largest absolute Gasteiger partial charge is 0.378 e. The molecule has 2 aliphatic rings. The molecule has 0 saturated carbocycles. The number of carbonyl (C=O) groups excluding carboxylic acids is 3. The highest BCUT2D eigenvalue weighted by atomic mass is 28.3. The number of anilines is 1. The molecule has 0 aliphatic carbocycles. The second-order valence-corrected chi connectivity index (χ2v) is 15.2. The second-order valence-electron chi connectivity index (χ2n) is 10.9. The molecule has 0 saturated heterocycles. The molecule has 5 rings (SSSR count). The summed E-state index contributed by atoms with van der Waals surface area (Å²) >= 11 is 0. The first-order valence-electron chi connectivity index (χ1n) is 13.2. The summed E-state index contributed by atoms with van der Waals surface area (Å²) < 4.78 is 0. The maximum atomic E-state index is 12.8. The van der Waals surface area contributed by atoms with Crippen molar-refractivity contribution in [3.8, 4) is 0 Å². The number of amides is 3. The summed E-state index contributed by atoms with van der Waals surface area (Å²) in [5, 5.41) is 7.92. The highest BCUT2D eigenvalue weighted by Crippen LogP contribution is 2.27. The third-order valence-electron chi connectivity index (χ3n) is 7.67. The van der Waals surface area contributed by atoms with Crippen LogP contribution in [0.5, 0.6) is 0 Å². The molecule has 39 heavy (non-hydrogen) atoms. The summed E-state index contributed by atoms with van der Waals surface area (Å²) in [4.78, 5) is 39.5. The molecular weight excluding hydrogens is 502 g/mol. The van der Waals surface area contributed by atoms with E-state index in [1.807, 2.05) is 24.3 Å². The zero-order chi connectivity index (χ0) is 27.9. The van der Waals surface area contributed by atoms with E-state index >= 15 is 0 Å². The van der Waals surface area contributed by atoms with E-state index in [1.165, 1.54) is 49.5 Å². The molecule has 0 bridgehead atoms. The first kappa shape index (κ1) is 26.4. The Bertz CT molecular complexity index is 1620. The van der Waals surface area contributed by atoms with Gasteiger partial charge in [-0.1, -0.05) is 56.1 Å². The molecule has 3 amide bonds. The molecule has 198 valence electrons. The van der Waals surface area contributed by atoms with Gasteiger partial charge in [-0.2, -0.15) is 0 Å². The average molecular weight is 536 g/mol. The van der Waals surface area contributed by atoms with Crippen molar-refractivity contribution in [3.05, 3.63) is 99.9 Å². The van der Waals surface area contributed by atoms with Crippen LogP contribution in [0.3, 0.4) is 0 Å². The smallest absolute Gasteiger partial charge is 0.253 e. The van der Waals surface area contributed by atoms with Crippen molar-refractivity contribution >= 4 is 54.0 Å². The van der Waals surface area contributed by atoms with Gasteiger partial charge in [0.25, 0.3) is 17.7 Å². The number of hydrogen-bond donors (Lipinski definition) is 1. The van der Waals surface area contributed by atoms with Crippen molar-refractivity contribution in [3.63, 3.8) is 0 Å². The van der Waals surface area contributed by atoms with Crippen molar-refractivity contribution in [1.29, 1.82) is 0 Å². The van der Waals surface area contributed by atoms with Gasteiger partial charge in [0, 0.05) is 50.6 Å². The van der Waals surface area contributed by atoms with Crippen LogP contribution >= 0.6 is 0 Å². The molecule has 3 aromatic carbocycles. The highest BCUT2D eigenvalue weighted by Gasteiger charge is 2.35. The van der Waals surface area contributed by atoms with E-state index in [1.54, 1.807) is 0 Å². The van der Waals surface area contributed by atoms with Gasteiger partial charge in [0.15, 0.2) is 0 Å². The summed E-state index contributed by atoms with van der Waals surface area (Å²) in [7, 11) is 2.15. The molecule has 0 fully saturated rings. The van der Waals surface area contributed by atoms with Gasteiger partial charge in [0.1, 0.15) is 8.07 Å². The van der Waals surface area contributed by atoms with Gasteiger partial charge in [-0.15, -0.1) is 0 Å². The van der Waals surface area contributed by atoms with E-state index in [2.05, 4.69) is 80.4 Å². The molecule has 3 aromatic rings. The van der Waals surface area contributed by atoms with E-state index < -0.39 is 8.07 Å². The standard InChI is InChI=1S/C32H33N3O3Si/c1-21-7-13-25-27(19-21)39(4,5)28-20-24(34(2)3)12-14-26(28)31(25)22-8-10-23(11-9-22)32(38)33-17-6-18-35-29(36)15-16-30(35)37/h7-16,19-20H,1,6,17-18H2,2-5H3,(H,33,38). The predicted molar refractivity (Wildman–Crippen MR) is 160 cm³/mol. The lowest BCUT2D eigenvalue weighted by atomic mass is 9.93. The van der Waals surface area contributed by atoms with Crippen LogP contribution in [0.4, 0.5) is 5.69 Å². The van der Waals surface area contributed by atoms with Gasteiger partial charge in [-0.25, -0.2) is 0 Å². The zero-order valence-electron chi connectivity index (χ0n) is 22.9. The Morgan fingerprint density at radius 3 is 2.28 bits per heavy atom. The quantitative estimate of drug-likeness (QED) is 0.284. The molecule has 0 aromatic heterocycles. The van der Waals surface area contributed by atoms with Crippen LogP contribution in [0.1, 0.15) is 27.9 Å². The Balaban J connectivity index is 1.43. The lowest BCUT2D eigenvalue weighted by molar-refractivity contribution is -0.136. The van der Waals surface area contributed by atoms with Crippen LogP contribution in [-0.2, 0) is 9.59 Å². The van der Waals surface area contributed by atoms with Gasteiger partial charge in [0.2, 0.25) is 0 Å². The fourth-order valence-electron chi connectivity index (χ4n) is 5.45. The molecular formula is C32H33N3O3Si. The van der Waals surface area contributed by atoms with Crippen LogP contribution in [0, 0.1) is 0 Å². The Morgan fingerprint density at radius 1 is 0.923 bits per heavy atom. The number of benzene rings is 3. The van der Waals surface area contributed by atoms with Gasteiger partial charge in [0.05, 0.1) is 0 Å². The number of carbonyl (C=O) groups is 3. The van der Waals surface area contributed by atoms with Gasteiger partial charge in [-0.3, -0.25) is 19.3 Å². The fourth-order valence-corrected chi connectivity index (χ4v) is 8.56. The van der Waals surface area contributed by atoms with Crippen LogP contribution in [0.25, 0.3) is 12.2 Å². The number of hydrogen-bond acceptors (Lipinski definition) is 4. The van der Waals surface area contributed by atoms with Crippen molar-refractivity contribution in [2.45, 2.75) is 19.5 Å². The van der Waals surface area contributed by atoms with Crippen molar-refractivity contribution < 1.29 is 14.4 Å². The minimum atomic E-state index is -1.98. The number of nitrogens with one attached hydrogen (secondary N) is 1. The van der Waals surface area contributed by atoms with Gasteiger partial charge < -0.3 is 10.2 Å². The predicted octanol–water partition coefficient (Wildman–Crippen LogP) is 1.59. The van der Waals surface area contributed by atoms with E-state index in [9.17, 15) is 14.4 Å². The lowest BCUT2D eigenvalue weighted by Crippen LogP contribution is -2.63. The molecule has 0 radical (unpaired) electrons. The van der Waals surface area contributed by atoms with E-state index in [4.69, 9.17) is 0 Å². The minimum Gasteiger partial charge on any atom is -0.378 e. The maximum Gasteiger partial charge on any atom is 0.253 e. The Hall–Kier alpha value is -4.23. The Labute approximate surface area is 230 Å². The summed E-state index contributed by atoms with van der Waals surface area (Å²) in [5.41, 5.74) is 5.24. The first-order chi connectivity index (χ1) is 18.6. The molecule has 2 heterocycles. The summed E-state index contributed by atoms with van der Waals surface area (Å²) in [5.74, 6) is -0.791. The van der Waals surface area contributed by atoms with Crippen molar-refractivity contribution in [2.24, 2.45) is 0 Å². The third kappa shape index (κ3) is 4.86. The highest BCUT2D eigenvalue weighted by molar-refractivity contribution is 7.01. The molecule has 6 nitrogen and oxygen atoms in total. The summed E-state index contributed by atoms with van der Waals surface area (Å²) in [6, 6.07) is 21.0. The second kappa shape index (κ2) is 10.1. The van der Waals surface area contributed by atoms with Crippen LogP contribution in [-0.4, -0.2) is 57.9 Å². The maximum absolute atomic E-state index is 12.8. The topological polar surface area (TPSA) is 69.7 Å². The Morgan fingerprint density at radius 2 is 1.62 bits per heavy atom. The van der Waals surface area contributed by atoms with Crippen LogP contribution < -0.4 is 31.0 Å². The van der Waals surface area contributed by atoms with Crippen LogP contribution in [0.2, 0.25) is 13.1 Å². The van der Waals surface area contributed by atoms with Crippen molar-refractivity contribution in [2.75, 3.05) is 32.1 Å². The molecule has 0 unspecified atom stereocenters. The molecule has 2 aliphatic heterocycles. The zero-order valence-corrected chi connectivity index (χ0v) is 23.9. The SMILES string of the molecule is C=c1ccc2c(c1)[Si](C)(C)c1cc(N(C)C)ccc1C=2c1ccc(C(=O)NCCCN2C(=O)C=CC2=O)cc1. The van der Waals surface area contributed by atoms with Gasteiger partial charge in [-0.05, 0) is 68.2 Å². The monoisotopic (exact) mass is 535 g/mol. The number of nitrogens with zero attached hydrogens (tertiary/aromatic N) is 2. The number of imide groups is 1. The van der Waals surface area contributed by atoms with Gasteiger partial charge >= 0.3 is 0 Å². The van der Waals surface area contributed by atoms with E-state index in [0.717, 1.165) is 10.8 Å². The van der Waals surface area contributed by atoms with E-state index in [-0.39, 0.29) is 24.3 Å². The minimum absolute atomic E-state index is 0.181. The Kier molecular flexibility index (Phi) is 6.86. The van der Waals surface area contributed by atoms with Crippen LogP contribution in [0.15, 0.2) is 72.8 Å². The summed E-state index contributed by atoms with van der Waals surface area (Å²) in [6.45, 7) is 9.67. The molecule has 0 spiro atoms. The first-order valence-corrected chi connectivity index (χ1v) is 16.2. The molecule has 7 heteroatoms. The van der Waals surface area contributed by atoms with E-state index in [0.29, 0.717) is 18.5 Å². The molecule has 0 atom stereocenters.